The van der Waals surface area contributed by atoms with Crippen molar-refractivity contribution in [3.05, 3.63) is 46.5 Å². The van der Waals surface area contributed by atoms with Gasteiger partial charge in [-0.2, -0.15) is 4.90 Å². The number of imide groups is 3. The predicted octanol–water partition coefficient (Wildman–Crippen LogP) is 2.79. The number of methoxy groups -OCH3 is 2. The molecule has 0 spiro atoms. The molecule has 35 heavy (non-hydrogen) atoms. The van der Waals surface area contributed by atoms with Gasteiger partial charge in [-0.05, 0) is 67.3 Å². The minimum absolute atomic E-state index is 0.159. The van der Waals surface area contributed by atoms with E-state index in [-0.39, 0.29) is 25.1 Å². The van der Waals surface area contributed by atoms with E-state index in [0.29, 0.717) is 17.7 Å². The molecule has 2 aliphatic heterocycles. The van der Waals surface area contributed by atoms with Crippen LogP contribution in [0.2, 0.25) is 6.32 Å². The summed E-state index contributed by atoms with van der Waals surface area (Å²) in [5, 5.41) is 20.2. The van der Waals surface area contributed by atoms with E-state index in [0.717, 1.165) is 29.4 Å². The Bertz CT molecular complexity index is 1080. The highest BCUT2D eigenvalue weighted by molar-refractivity contribution is 6.43. The Kier molecular flexibility index (Phi) is 7.44. The average molecular weight is 483 g/mol. The summed E-state index contributed by atoms with van der Waals surface area (Å²) in [7, 11) is 1.60. The Morgan fingerprint density at radius 2 is 2.03 bits per heavy atom. The fourth-order valence-corrected chi connectivity index (χ4v) is 5.67. The van der Waals surface area contributed by atoms with Crippen LogP contribution >= 0.6 is 0 Å². The molecule has 4 rings (SSSR count). The normalized spacial score (nSPS) is 26.7. The van der Waals surface area contributed by atoms with Gasteiger partial charge in [0, 0.05) is 7.11 Å². The number of aromatic hydroxyl groups is 1. The molecule has 3 aliphatic rings. The third-order valence-corrected chi connectivity index (χ3v) is 7.07. The van der Waals surface area contributed by atoms with Gasteiger partial charge in [-0.1, -0.05) is 23.8 Å². The number of benzene rings is 1. The van der Waals surface area contributed by atoms with Gasteiger partial charge in [-0.15, -0.1) is 0 Å². The van der Waals surface area contributed by atoms with E-state index in [9.17, 15) is 24.5 Å². The van der Waals surface area contributed by atoms with Gasteiger partial charge in [0.05, 0.1) is 31.7 Å². The monoisotopic (exact) mass is 483 g/mol. The van der Waals surface area contributed by atoms with Crippen LogP contribution in [-0.2, 0) is 23.7 Å². The van der Waals surface area contributed by atoms with Crippen LogP contribution in [-0.4, -0.2) is 67.0 Å². The molecule has 9 nitrogen and oxygen atoms in total. The summed E-state index contributed by atoms with van der Waals surface area (Å²) in [5.74, 6) is -2.84. The molecule has 0 saturated carbocycles. The second-order valence-corrected chi connectivity index (χ2v) is 9.36. The smallest absolute Gasteiger partial charge is 0.455 e. The maximum Gasteiger partial charge on any atom is 0.455 e. The number of fused-ring (bicyclic) bond motifs is 3. The Morgan fingerprint density at radius 3 is 2.71 bits per heavy atom. The van der Waals surface area contributed by atoms with Crippen LogP contribution in [0, 0.1) is 17.8 Å². The standard InChI is InChI=1S/C25H30BNO8/c1-14(9-15-5-4-6-17(28)10-15)7-8-20-21-16(13-33-2)11-18-22(19(21)12-26(32)35-20)24(30)27(23(18)29)25(31)34-3/h4-6,9-10,18-20,22,28,32H,7-8,11-13H2,1-3H3/b14-9+/t18-,19+,20-,22-/m1/s1. The molecule has 1 aromatic carbocycles. The maximum absolute atomic E-state index is 13.2. The fraction of sp³-hybridized carbons (Fsp3) is 0.480. The van der Waals surface area contributed by atoms with Gasteiger partial charge < -0.3 is 24.3 Å². The minimum atomic E-state index is -1.10. The van der Waals surface area contributed by atoms with Crippen molar-refractivity contribution in [3.63, 3.8) is 0 Å². The van der Waals surface area contributed by atoms with Crippen molar-refractivity contribution in [1.82, 2.24) is 4.90 Å². The zero-order valence-corrected chi connectivity index (χ0v) is 20.1. The van der Waals surface area contributed by atoms with Gasteiger partial charge in [0.2, 0.25) is 11.8 Å². The molecule has 0 bridgehead atoms. The van der Waals surface area contributed by atoms with Gasteiger partial charge in [0.25, 0.3) is 0 Å². The number of nitrogens with zero attached hydrogens (tertiary/aromatic N) is 1. The number of ether oxygens (including phenoxy) is 2. The number of rotatable bonds is 6. The number of hydrogen-bond acceptors (Lipinski definition) is 8. The Balaban J connectivity index is 1.61. The lowest BCUT2D eigenvalue weighted by Crippen LogP contribution is -2.46. The molecule has 10 heteroatoms. The van der Waals surface area contributed by atoms with Crippen LogP contribution in [0.3, 0.4) is 0 Å². The van der Waals surface area contributed by atoms with Crippen molar-refractivity contribution in [2.24, 2.45) is 17.8 Å². The molecule has 1 aromatic rings. The second-order valence-electron chi connectivity index (χ2n) is 9.36. The van der Waals surface area contributed by atoms with Crippen LogP contribution in [0.15, 0.2) is 41.0 Å². The van der Waals surface area contributed by atoms with Crippen molar-refractivity contribution >= 4 is 31.1 Å². The quantitative estimate of drug-likeness (QED) is 0.360. The molecule has 2 saturated heterocycles. The summed E-state index contributed by atoms with van der Waals surface area (Å²) < 4.78 is 16.0. The molecular weight excluding hydrogens is 453 g/mol. The SMILES string of the molecule is COCC1=C2[C@@H](CC/C(C)=C/c3cccc(O)c3)OB(O)C[C@@H]2[C@@H]2C(=O)N(C(=O)OC)C(=O)[C@@H]2C1. The van der Waals surface area contributed by atoms with E-state index in [1.807, 2.05) is 19.1 Å². The van der Waals surface area contributed by atoms with Crippen molar-refractivity contribution in [1.29, 1.82) is 0 Å². The fourth-order valence-electron chi connectivity index (χ4n) is 5.67. The summed E-state index contributed by atoms with van der Waals surface area (Å²) in [5.41, 5.74) is 3.69. The summed E-state index contributed by atoms with van der Waals surface area (Å²) in [6.45, 7) is 2.25. The highest BCUT2D eigenvalue weighted by atomic mass is 16.5. The molecule has 2 heterocycles. The predicted molar refractivity (Wildman–Crippen MR) is 127 cm³/mol. The van der Waals surface area contributed by atoms with Crippen molar-refractivity contribution in [2.45, 2.75) is 38.6 Å². The molecule has 4 atom stereocenters. The van der Waals surface area contributed by atoms with Gasteiger partial charge in [0.1, 0.15) is 5.75 Å². The van der Waals surface area contributed by atoms with E-state index in [1.165, 1.54) is 0 Å². The Labute approximate surface area is 204 Å². The number of likely N-dealkylation sites (tertiary alicyclic amines) is 1. The highest BCUT2D eigenvalue weighted by Gasteiger charge is 2.59. The van der Waals surface area contributed by atoms with Gasteiger partial charge in [-0.25, -0.2) is 4.79 Å². The molecule has 0 unspecified atom stereocenters. The lowest BCUT2D eigenvalue weighted by Gasteiger charge is -2.43. The molecule has 0 aromatic heterocycles. The lowest BCUT2D eigenvalue weighted by molar-refractivity contribution is -0.137. The second kappa shape index (κ2) is 10.4. The molecule has 2 fully saturated rings. The van der Waals surface area contributed by atoms with Crippen molar-refractivity contribution in [3.8, 4) is 5.75 Å². The van der Waals surface area contributed by atoms with Crippen LogP contribution < -0.4 is 0 Å². The van der Waals surface area contributed by atoms with Crippen LogP contribution in [0.25, 0.3) is 6.08 Å². The average Bonchev–Trinajstić information content (AvgIpc) is 3.06. The third kappa shape index (κ3) is 4.91. The first-order valence-corrected chi connectivity index (χ1v) is 11.7. The number of amides is 3. The first kappa shape index (κ1) is 25.2. The molecule has 1 aliphatic carbocycles. The first-order chi connectivity index (χ1) is 16.7. The molecule has 0 radical (unpaired) electrons. The first-order valence-electron chi connectivity index (χ1n) is 11.7. The molecule has 186 valence electrons. The zero-order valence-electron chi connectivity index (χ0n) is 20.1. The van der Waals surface area contributed by atoms with Gasteiger partial charge in [-0.3, -0.25) is 9.59 Å². The van der Waals surface area contributed by atoms with Crippen LogP contribution in [0.5, 0.6) is 5.75 Å². The minimum Gasteiger partial charge on any atom is -0.508 e. The Morgan fingerprint density at radius 1 is 1.26 bits per heavy atom. The van der Waals surface area contributed by atoms with Crippen molar-refractivity contribution in [2.75, 3.05) is 20.8 Å². The van der Waals surface area contributed by atoms with E-state index >= 15 is 0 Å². The number of hydrogen-bond donors (Lipinski definition) is 2. The van der Waals surface area contributed by atoms with Crippen LogP contribution in [0.1, 0.15) is 31.7 Å². The molecule has 2 N–H and O–H groups in total. The van der Waals surface area contributed by atoms with Crippen molar-refractivity contribution < 1.29 is 38.6 Å². The molecular formula is C25H30BNO8. The number of carbonyl (C=O) groups is 3. The summed E-state index contributed by atoms with van der Waals surface area (Å²) in [4.78, 5) is 38.9. The number of allylic oxidation sites excluding steroid dienone is 1. The Hall–Kier alpha value is -2.95. The van der Waals surface area contributed by atoms with Gasteiger partial charge >= 0.3 is 13.2 Å². The number of carbonyl (C=O) groups excluding carboxylic acids is 3. The van der Waals surface area contributed by atoms with E-state index in [4.69, 9.17) is 9.39 Å². The van der Waals surface area contributed by atoms with E-state index < -0.39 is 48.9 Å². The lowest BCUT2D eigenvalue weighted by atomic mass is 9.58. The zero-order chi connectivity index (χ0) is 25.3. The largest absolute Gasteiger partial charge is 0.508 e. The van der Waals surface area contributed by atoms with E-state index in [2.05, 4.69) is 4.74 Å². The summed E-state index contributed by atoms with van der Waals surface area (Å²) >= 11 is 0. The summed E-state index contributed by atoms with van der Waals surface area (Å²) in [6, 6.07) is 6.96. The van der Waals surface area contributed by atoms with Crippen LogP contribution in [0.4, 0.5) is 4.79 Å². The maximum atomic E-state index is 13.2. The number of phenols is 1. The van der Waals surface area contributed by atoms with Gasteiger partial charge in [0.15, 0.2) is 0 Å². The highest BCUT2D eigenvalue weighted by Crippen LogP contribution is 2.50. The third-order valence-electron chi connectivity index (χ3n) is 7.07. The topological polar surface area (TPSA) is 123 Å². The molecule has 3 amide bonds. The number of phenolic OH excluding ortho intramolecular Hbond substituents is 1. The summed E-state index contributed by atoms with van der Waals surface area (Å²) in [6.07, 6.45) is 2.18. The van der Waals surface area contributed by atoms with E-state index in [1.54, 1.807) is 25.3 Å².